The summed E-state index contributed by atoms with van der Waals surface area (Å²) in [4.78, 5) is 39.8. The number of likely N-dealkylation sites (N-methyl/N-ethyl adjacent to an activating group) is 1. The molecule has 1 N–H and O–H groups in total. The van der Waals surface area contributed by atoms with Gasteiger partial charge in [0, 0.05) is 24.5 Å². The molecule has 1 amide bonds. The van der Waals surface area contributed by atoms with Crippen LogP contribution in [-0.4, -0.2) is 64.2 Å². The number of thioether (sulfide) groups is 1. The molecule has 0 radical (unpaired) electrons. The minimum absolute atomic E-state index is 0.0213. The Balaban J connectivity index is 1.60. The fourth-order valence-electron chi connectivity index (χ4n) is 4.16. The monoisotopic (exact) mass is 464 g/mol. The molecule has 8 heteroatoms. The SMILES string of the molecule is CCN(CC)CCN(CC(C)C)C(=O)CSCc1nc2sc3c(c2c(=O)[nH]1)CCCC3. The quantitative estimate of drug-likeness (QED) is 0.546. The molecule has 2 aromatic heterocycles. The van der Waals surface area contributed by atoms with E-state index in [1.807, 2.05) is 4.90 Å². The van der Waals surface area contributed by atoms with Crippen LogP contribution in [0.3, 0.4) is 0 Å². The molecule has 0 bridgehead atoms. The first-order valence-corrected chi connectivity index (χ1v) is 13.5. The Bertz CT molecular complexity index is 934. The summed E-state index contributed by atoms with van der Waals surface area (Å²) in [7, 11) is 0. The molecule has 3 rings (SSSR count). The molecule has 0 fully saturated rings. The number of aryl methyl sites for hydroxylation is 2. The molecule has 0 unspecified atom stereocenters. The van der Waals surface area contributed by atoms with Gasteiger partial charge in [0.25, 0.3) is 5.56 Å². The van der Waals surface area contributed by atoms with Gasteiger partial charge in [0.1, 0.15) is 10.7 Å². The first-order valence-electron chi connectivity index (χ1n) is 11.5. The number of thiophene rings is 1. The topological polar surface area (TPSA) is 69.3 Å². The Morgan fingerprint density at radius 2 is 1.94 bits per heavy atom. The van der Waals surface area contributed by atoms with Gasteiger partial charge >= 0.3 is 0 Å². The fourth-order valence-corrected chi connectivity index (χ4v) is 6.23. The van der Waals surface area contributed by atoms with E-state index in [9.17, 15) is 9.59 Å². The molecular weight excluding hydrogens is 428 g/mol. The van der Waals surface area contributed by atoms with Crippen molar-refractivity contribution in [1.29, 1.82) is 0 Å². The highest BCUT2D eigenvalue weighted by molar-refractivity contribution is 7.99. The van der Waals surface area contributed by atoms with E-state index in [-0.39, 0.29) is 11.5 Å². The minimum Gasteiger partial charge on any atom is -0.340 e. The Morgan fingerprint density at radius 1 is 1.19 bits per heavy atom. The van der Waals surface area contributed by atoms with E-state index in [2.05, 4.69) is 37.6 Å². The van der Waals surface area contributed by atoms with Crippen LogP contribution in [0.15, 0.2) is 4.79 Å². The molecule has 6 nitrogen and oxygen atoms in total. The maximum absolute atomic E-state index is 12.9. The maximum atomic E-state index is 12.9. The first kappa shape index (κ1) is 24.3. The van der Waals surface area contributed by atoms with Crippen LogP contribution in [0, 0.1) is 5.92 Å². The Morgan fingerprint density at radius 3 is 2.65 bits per heavy atom. The number of carbonyl (C=O) groups excluding carboxylic acids is 1. The van der Waals surface area contributed by atoms with Crippen molar-refractivity contribution >= 4 is 39.2 Å². The van der Waals surface area contributed by atoms with Crippen LogP contribution < -0.4 is 5.56 Å². The van der Waals surface area contributed by atoms with E-state index < -0.39 is 0 Å². The first-order chi connectivity index (χ1) is 14.9. The highest BCUT2D eigenvalue weighted by Gasteiger charge is 2.20. The molecule has 0 aromatic carbocycles. The second-order valence-corrected chi connectivity index (χ2v) is 10.7. The van der Waals surface area contributed by atoms with Gasteiger partial charge in [-0.3, -0.25) is 9.59 Å². The number of nitrogens with zero attached hydrogens (tertiary/aromatic N) is 3. The maximum Gasteiger partial charge on any atom is 0.259 e. The lowest BCUT2D eigenvalue weighted by Gasteiger charge is -2.28. The highest BCUT2D eigenvalue weighted by atomic mass is 32.2. The Kier molecular flexibility index (Phi) is 8.98. The predicted octanol–water partition coefficient (Wildman–Crippen LogP) is 3.92. The zero-order valence-corrected chi connectivity index (χ0v) is 21.0. The Hall–Kier alpha value is -1.38. The molecular formula is C23H36N4O2S2. The van der Waals surface area contributed by atoms with Crippen LogP contribution in [0.5, 0.6) is 0 Å². The molecule has 0 saturated heterocycles. The standard InChI is InChI=1S/C23H36N4O2S2/c1-5-26(6-2)11-12-27(13-16(3)4)20(28)15-30-14-19-24-22(29)21-17-9-7-8-10-18(17)31-23(21)25-19/h16H,5-15H2,1-4H3,(H,24,25,29). The fraction of sp³-hybridized carbons (Fsp3) is 0.696. The lowest BCUT2D eigenvalue weighted by atomic mass is 9.97. The van der Waals surface area contributed by atoms with Gasteiger partial charge in [-0.15, -0.1) is 23.1 Å². The summed E-state index contributed by atoms with van der Waals surface area (Å²) >= 11 is 3.21. The van der Waals surface area contributed by atoms with E-state index in [1.165, 1.54) is 28.6 Å². The second kappa shape index (κ2) is 11.5. The highest BCUT2D eigenvalue weighted by Crippen LogP contribution is 2.33. The summed E-state index contributed by atoms with van der Waals surface area (Å²) in [6.07, 6.45) is 4.40. The number of aromatic amines is 1. The van der Waals surface area contributed by atoms with Crippen molar-refractivity contribution < 1.29 is 4.79 Å². The van der Waals surface area contributed by atoms with E-state index in [0.717, 1.165) is 62.2 Å². The molecule has 172 valence electrons. The van der Waals surface area contributed by atoms with Crippen molar-refractivity contribution in [3.8, 4) is 0 Å². The van der Waals surface area contributed by atoms with Crippen molar-refractivity contribution in [3.63, 3.8) is 0 Å². The molecule has 2 heterocycles. The number of H-pyrrole nitrogens is 1. The minimum atomic E-state index is -0.0213. The third-order valence-electron chi connectivity index (χ3n) is 5.86. The van der Waals surface area contributed by atoms with E-state index in [0.29, 0.717) is 23.2 Å². The average Bonchev–Trinajstić information content (AvgIpc) is 3.12. The molecule has 31 heavy (non-hydrogen) atoms. The van der Waals surface area contributed by atoms with Crippen LogP contribution in [0.2, 0.25) is 0 Å². The van der Waals surface area contributed by atoms with Gasteiger partial charge in [-0.05, 0) is 50.3 Å². The van der Waals surface area contributed by atoms with Crippen molar-refractivity contribution in [3.05, 3.63) is 26.6 Å². The number of nitrogens with one attached hydrogen (secondary N) is 1. The zero-order valence-electron chi connectivity index (χ0n) is 19.3. The molecule has 1 aliphatic rings. The van der Waals surface area contributed by atoms with Crippen molar-refractivity contribution in [2.75, 3.05) is 38.5 Å². The molecule has 0 spiro atoms. The Labute approximate surface area is 193 Å². The number of amides is 1. The molecule has 1 aliphatic carbocycles. The van der Waals surface area contributed by atoms with Crippen molar-refractivity contribution in [2.24, 2.45) is 5.92 Å². The van der Waals surface area contributed by atoms with Gasteiger partial charge in [-0.2, -0.15) is 0 Å². The predicted molar refractivity (Wildman–Crippen MR) is 132 cm³/mol. The summed E-state index contributed by atoms with van der Waals surface area (Å²) in [6, 6.07) is 0. The number of rotatable bonds is 11. The summed E-state index contributed by atoms with van der Waals surface area (Å²) in [5.41, 5.74) is 1.19. The van der Waals surface area contributed by atoms with Gasteiger partial charge in [-0.1, -0.05) is 27.7 Å². The van der Waals surface area contributed by atoms with E-state index >= 15 is 0 Å². The number of aromatic nitrogens is 2. The third-order valence-corrected chi connectivity index (χ3v) is 7.97. The summed E-state index contributed by atoms with van der Waals surface area (Å²) in [5.74, 6) is 2.24. The molecule has 2 aromatic rings. The lowest BCUT2D eigenvalue weighted by molar-refractivity contribution is -0.129. The van der Waals surface area contributed by atoms with Gasteiger partial charge in [0.05, 0.1) is 16.9 Å². The number of hydrogen-bond acceptors (Lipinski definition) is 6. The normalized spacial score (nSPS) is 13.9. The average molecular weight is 465 g/mol. The van der Waals surface area contributed by atoms with Gasteiger partial charge < -0.3 is 14.8 Å². The van der Waals surface area contributed by atoms with Crippen molar-refractivity contribution in [2.45, 2.75) is 59.1 Å². The van der Waals surface area contributed by atoms with Crippen LogP contribution in [0.4, 0.5) is 0 Å². The molecule has 0 saturated carbocycles. The van der Waals surface area contributed by atoms with Crippen LogP contribution >= 0.6 is 23.1 Å². The van der Waals surface area contributed by atoms with Crippen molar-refractivity contribution in [1.82, 2.24) is 19.8 Å². The zero-order chi connectivity index (χ0) is 22.4. The van der Waals surface area contributed by atoms with E-state index in [4.69, 9.17) is 4.98 Å². The lowest BCUT2D eigenvalue weighted by Crippen LogP contribution is -2.41. The van der Waals surface area contributed by atoms with Crippen LogP contribution in [0.1, 0.15) is 56.8 Å². The second-order valence-electron chi connectivity index (χ2n) is 8.66. The number of hydrogen-bond donors (Lipinski definition) is 1. The summed E-state index contributed by atoms with van der Waals surface area (Å²) in [5, 5.41) is 0.795. The van der Waals surface area contributed by atoms with E-state index in [1.54, 1.807) is 11.3 Å². The third kappa shape index (κ3) is 6.33. The summed E-state index contributed by atoms with van der Waals surface area (Å²) in [6.45, 7) is 13.1. The van der Waals surface area contributed by atoms with Gasteiger partial charge in [0.2, 0.25) is 5.91 Å². The molecule has 0 atom stereocenters. The van der Waals surface area contributed by atoms with Crippen LogP contribution in [0.25, 0.3) is 10.2 Å². The largest absolute Gasteiger partial charge is 0.340 e. The van der Waals surface area contributed by atoms with Gasteiger partial charge in [0.15, 0.2) is 0 Å². The smallest absolute Gasteiger partial charge is 0.259 e. The van der Waals surface area contributed by atoms with Crippen LogP contribution in [-0.2, 0) is 23.4 Å². The number of fused-ring (bicyclic) bond motifs is 3. The summed E-state index contributed by atoms with van der Waals surface area (Å²) < 4.78 is 0. The molecule has 0 aliphatic heterocycles. The number of carbonyl (C=O) groups is 1. The van der Waals surface area contributed by atoms with Gasteiger partial charge in [-0.25, -0.2) is 4.98 Å².